The molecule has 170 valence electrons. The third-order valence-electron chi connectivity index (χ3n) is 5.82. The van der Waals surface area contributed by atoms with Crippen molar-refractivity contribution < 1.29 is 13.2 Å². The predicted octanol–water partition coefficient (Wildman–Crippen LogP) is 3.02. The average Bonchev–Trinajstić information content (AvgIpc) is 3.30. The number of anilines is 2. The van der Waals surface area contributed by atoms with Crippen LogP contribution in [0.3, 0.4) is 0 Å². The maximum atomic E-state index is 13.5. The fraction of sp³-hybridized carbons (Fsp3) is 0.600. The van der Waals surface area contributed by atoms with E-state index >= 15 is 0 Å². The number of aryl methyl sites for hydroxylation is 2. The van der Waals surface area contributed by atoms with Crippen LogP contribution in [0, 0.1) is 6.92 Å². The Balaban J connectivity index is 1.59. The summed E-state index contributed by atoms with van der Waals surface area (Å²) in [4.78, 5) is 17.1. The highest BCUT2D eigenvalue weighted by atomic mass is 32.2. The molecule has 1 aliphatic carbocycles. The highest BCUT2D eigenvalue weighted by molar-refractivity contribution is 7.91. The summed E-state index contributed by atoms with van der Waals surface area (Å²) in [7, 11) is -0.465. The fourth-order valence-corrected chi connectivity index (χ4v) is 7.10. The van der Waals surface area contributed by atoms with Gasteiger partial charge in [0.2, 0.25) is 0 Å². The maximum Gasteiger partial charge on any atom is 0.334 e. The summed E-state index contributed by atoms with van der Waals surface area (Å²) >= 11 is 1.65. The lowest BCUT2D eigenvalue weighted by Gasteiger charge is -2.46. The summed E-state index contributed by atoms with van der Waals surface area (Å²) in [5, 5.41) is 6.92. The van der Waals surface area contributed by atoms with Crippen LogP contribution in [0.4, 0.5) is 16.2 Å². The molecule has 4 rings (SSSR count). The van der Waals surface area contributed by atoms with Gasteiger partial charge >= 0.3 is 16.2 Å². The normalized spacial score (nSPS) is 22.3. The number of carbonyl (C=O) groups excluding carboxylic acids is 1. The van der Waals surface area contributed by atoms with Crippen molar-refractivity contribution in [1.29, 1.82) is 0 Å². The van der Waals surface area contributed by atoms with Gasteiger partial charge in [0.1, 0.15) is 0 Å². The number of nitrogens with zero attached hydrogens (tertiary/aromatic N) is 4. The quantitative estimate of drug-likeness (QED) is 0.682. The SMILES string of the molecule is Cc1cc(NC(=O)NS(=O)(=O)N(c2cnn(C)c2)[C@@]2(C)CCCN(C)C2)c(C2CC2)s1. The minimum atomic E-state index is -4.18. The number of aromatic nitrogens is 2. The standard InChI is InChI=1S/C20H30N6O3S2/c1-14-10-17(18(30-14)15-6-7-15)22-19(27)23-31(28,29)26(16-11-21-25(4)12-16)20(2)8-5-9-24(3)13-20/h10-12,15H,5-9,13H2,1-4H3,(H2,22,23,27)/t20-/m0/s1. The van der Waals surface area contributed by atoms with E-state index in [0.29, 0.717) is 30.3 Å². The highest BCUT2D eigenvalue weighted by Crippen LogP contribution is 2.47. The molecule has 9 nitrogen and oxygen atoms in total. The molecule has 2 N–H and O–H groups in total. The molecular weight excluding hydrogens is 436 g/mol. The number of hydrogen-bond acceptors (Lipinski definition) is 6. The van der Waals surface area contributed by atoms with E-state index in [4.69, 9.17) is 0 Å². The molecule has 1 aliphatic heterocycles. The Kier molecular flexibility index (Phi) is 5.78. The van der Waals surface area contributed by atoms with Crippen LogP contribution in [0.15, 0.2) is 18.5 Å². The number of piperidine rings is 1. The molecule has 0 spiro atoms. The van der Waals surface area contributed by atoms with Crippen LogP contribution in [0.25, 0.3) is 0 Å². The van der Waals surface area contributed by atoms with Crippen LogP contribution >= 0.6 is 11.3 Å². The van der Waals surface area contributed by atoms with Crippen LogP contribution in [-0.2, 0) is 17.3 Å². The largest absolute Gasteiger partial charge is 0.334 e. The van der Waals surface area contributed by atoms with E-state index < -0.39 is 21.8 Å². The molecule has 0 bridgehead atoms. The third-order valence-corrected chi connectivity index (χ3v) is 8.61. The lowest BCUT2D eigenvalue weighted by molar-refractivity contribution is 0.194. The van der Waals surface area contributed by atoms with Gasteiger partial charge in [-0.25, -0.2) is 13.8 Å². The molecule has 31 heavy (non-hydrogen) atoms. The van der Waals surface area contributed by atoms with Crippen molar-refractivity contribution in [2.45, 2.75) is 51.0 Å². The van der Waals surface area contributed by atoms with E-state index in [2.05, 4.69) is 20.0 Å². The van der Waals surface area contributed by atoms with E-state index in [1.807, 2.05) is 27.0 Å². The van der Waals surface area contributed by atoms with Crippen molar-refractivity contribution in [3.8, 4) is 0 Å². The number of thiophene rings is 1. The Hall–Kier alpha value is -2.11. The Morgan fingerprint density at radius 2 is 2.10 bits per heavy atom. The number of likely N-dealkylation sites (N-methyl/N-ethyl adjacent to an activating group) is 1. The zero-order valence-corrected chi connectivity index (χ0v) is 20.0. The molecule has 2 aromatic rings. The summed E-state index contributed by atoms with van der Waals surface area (Å²) in [6.07, 6.45) is 6.94. The Labute approximate surface area is 187 Å². The molecule has 2 fully saturated rings. The van der Waals surface area contributed by atoms with Gasteiger partial charge in [-0.05, 0) is 65.1 Å². The summed E-state index contributed by atoms with van der Waals surface area (Å²) < 4.78 is 32.1. The van der Waals surface area contributed by atoms with Crippen molar-refractivity contribution in [3.05, 3.63) is 28.2 Å². The minimum absolute atomic E-state index is 0.436. The van der Waals surface area contributed by atoms with E-state index in [-0.39, 0.29) is 0 Å². The number of carbonyl (C=O) groups is 1. The first-order valence-corrected chi connectivity index (χ1v) is 12.7. The molecule has 1 saturated carbocycles. The van der Waals surface area contributed by atoms with Crippen molar-refractivity contribution in [3.63, 3.8) is 0 Å². The smallest absolute Gasteiger partial charge is 0.306 e. The van der Waals surface area contributed by atoms with Gasteiger partial charge in [-0.2, -0.15) is 13.5 Å². The first-order valence-electron chi connectivity index (χ1n) is 10.5. The monoisotopic (exact) mass is 466 g/mol. The summed E-state index contributed by atoms with van der Waals surface area (Å²) in [5.41, 5.74) is 0.431. The lowest BCUT2D eigenvalue weighted by atomic mass is 9.91. The molecule has 2 amide bonds. The van der Waals surface area contributed by atoms with Gasteiger partial charge in [0, 0.05) is 29.5 Å². The topological polar surface area (TPSA) is 99.6 Å². The van der Waals surface area contributed by atoms with Crippen molar-refractivity contribution in [1.82, 2.24) is 19.4 Å². The number of urea groups is 1. The molecule has 1 saturated heterocycles. The molecule has 11 heteroatoms. The molecule has 1 atom stereocenters. The van der Waals surface area contributed by atoms with E-state index in [1.54, 1.807) is 29.3 Å². The van der Waals surface area contributed by atoms with Gasteiger partial charge in [-0.1, -0.05) is 0 Å². The van der Waals surface area contributed by atoms with Gasteiger partial charge < -0.3 is 10.2 Å². The maximum absolute atomic E-state index is 13.5. The molecular formula is C20H30N6O3S2. The minimum Gasteiger partial charge on any atom is -0.306 e. The number of hydrogen-bond donors (Lipinski definition) is 2. The number of likely N-dealkylation sites (tertiary alicyclic amines) is 1. The van der Waals surface area contributed by atoms with Crippen molar-refractivity contribution in [2.24, 2.45) is 7.05 Å². The number of rotatable bonds is 6. The van der Waals surface area contributed by atoms with E-state index in [1.165, 1.54) is 10.5 Å². The molecule has 2 aliphatic rings. The lowest BCUT2D eigenvalue weighted by Crippen LogP contribution is -2.61. The summed E-state index contributed by atoms with van der Waals surface area (Å²) in [6.45, 7) is 5.37. The third kappa shape index (κ3) is 4.73. The van der Waals surface area contributed by atoms with Crippen LogP contribution in [0.5, 0.6) is 0 Å². The van der Waals surface area contributed by atoms with Crippen molar-refractivity contribution in [2.75, 3.05) is 29.8 Å². The van der Waals surface area contributed by atoms with Crippen molar-refractivity contribution >= 4 is 39.0 Å². The van der Waals surface area contributed by atoms with Gasteiger partial charge in [0.05, 0.1) is 23.1 Å². The number of amides is 2. The zero-order chi connectivity index (χ0) is 22.4. The van der Waals surface area contributed by atoms with Gasteiger partial charge in [-0.15, -0.1) is 11.3 Å². The highest BCUT2D eigenvalue weighted by Gasteiger charge is 2.43. The first kappa shape index (κ1) is 22.1. The fourth-order valence-electron chi connectivity index (χ4n) is 4.48. The van der Waals surface area contributed by atoms with Gasteiger partial charge in [-0.3, -0.25) is 4.68 Å². The summed E-state index contributed by atoms with van der Waals surface area (Å²) in [5.74, 6) is 0.467. The molecule has 2 aromatic heterocycles. The van der Waals surface area contributed by atoms with Gasteiger partial charge in [0.25, 0.3) is 0 Å². The van der Waals surface area contributed by atoms with Crippen LogP contribution in [-0.4, -0.2) is 54.8 Å². The molecule has 0 aromatic carbocycles. The predicted molar refractivity (Wildman–Crippen MR) is 123 cm³/mol. The first-order chi connectivity index (χ1) is 14.6. The Bertz CT molecular complexity index is 1070. The molecule has 0 radical (unpaired) electrons. The molecule has 0 unspecified atom stereocenters. The Morgan fingerprint density at radius 1 is 1.35 bits per heavy atom. The second kappa shape index (κ2) is 8.10. The second-order valence-corrected chi connectivity index (χ2v) is 11.8. The van der Waals surface area contributed by atoms with Gasteiger partial charge in [0.15, 0.2) is 0 Å². The van der Waals surface area contributed by atoms with E-state index in [9.17, 15) is 13.2 Å². The van der Waals surface area contributed by atoms with Crippen LogP contribution in [0.2, 0.25) is 0 Å². The average molecular weight is 467 g/mol. The van der Waals surface area contributed by atoms with Crippen LogP contribution in [0.1, 0.15) is 48.3 Å². The molecule has 3 heterocycles. The Morgan fingerprint density at radius 3 is 2.71 bits per heavy atom. The second-order valence-electron chi connectivity index (χ2n) is 8.95. The number of nitrogens with one attached hydrogen (secondary N) is 2. The van der Waals surface area contributed by atoms with E-state index in [0.717, 1.165) is 35.6 Å². The summed E-state index contributed by atoms with van der Waals surface area (Å²) in [6, 6.07) is 1.15. The zero-order valence-electron chi connectivity index (χ0n) is 18.4. The van der Waals surface area contributed by atoms with Crippen LogP contribution < -0.4 is 14.3 Å².